The number of aliphatic hydroxyl groups is 1. The van der Waals surface area contributed by atoms with E-state index in [-0.39, 0.29) is 17.9 Å². The van der Waals surface area contributed by atoms with E-state index in [1.807, 2.05) is 6.07 Å². The molecule has 16 heavy (non-hydrogen) atoms. The summed E-state index contributed by atoms with van der Waals surface area (Å²) in [6, 6.07) is 3.58. The molecule has 4 nitrogen and oxygen atoms in total. The molecular weight excluding hydrogens is 204 g/mol. The quantitative estimate of drug-likeness (QED) is 0.808. The van der Waals surface area contributed by atoms with Crippen LogP contribution in [0.5, 0.6) is 0 Å². The fourth-order valence-electron chi connectivity index (χ4n) is 2.33. The lowest BCUT2D eigenvalue weighted by atomic mass is 10.1. The van der Waals surface area contributed by atoms with E-state index in [1.165, 1.54) is 0 Å². The van der Waals surface area contributed by atoms with Crippen LogP contribution in [0.25, 0.3) is 0 Å². The number of hydrogen-bond donors (Lipinski definition) is 2. The molecule has 1 aromatic heterocycles. The van der Waals surface area contributed by atoms with E-state index in [9.17, 15) is 9.90 Å². The average Bonchev–Trinajstić information content (AvgIpc) is 2.89. The molecule has 0 saturated heterocycles. The van der Waals surface area contributed by atoms with Crippen LogP contribution in [-0.4, -0.2) is 40.6 Å². The topological polar surface area (TPSA) is 56.3 Å². The first kappa shape index (κ1) is 11.2. The number of carbonyl (C=O) groups excluding carboxylic acids is 1. The third-order valence-electron chi connectivity index (χ3n) is 3.30. The number of nitrogens with one attached hydrogen (secondary N) is 1. The van der Waals surface area contributed by atoms with Crippen LogP contribution in [0.4, 0.5) is 0 Å². The number of H-pyrrole nitrogens is 1. The van der Waals surface area contributed by atoms with Crippen molar-refractivity contribution < 1.29 is 9.90 Å². The Morgan fingerprint density at radius 1 is 1.62 bits per heavy atom. The summed E-state index contributed by atoms with van der Waals surface area (Å²) in [5, 5.41) is 9.70. The maximum atomic E-state index is 11.9. The number of aromatic amines is 1. The summed E-state index contributed by atoms with van der Waals surface area (Å²) in [5.41, 5.74) is 0.606. The minimum Gasteiger partial charge on any atom is -0.393 e. The van der Waals surface area contributed by atoms with E-state index in [0.717, 1.165) is 19.3 Å². The largest absolute Gasteiger partial charge is 0.393 e. The van der Waals surface area contributed by atoms with Gasteiger partial charge < -0.3 is 15.0 Å². The summed E-state index contributed by atoms with van der Waals surface area (Å²) in [6.45, 7) is 0.638. The Hall–Kier alpha value is -1.29. The maximum Gasteiger partial charge on any atom is 0.270 e. The number of amides is 1. The molecule has 0 radical (unpaired) electrons. The molecule has 1 saturated carbocycles. The van der Waals surface area contributed by atoms with Gasteiger partial charge in [0, 0.05) is 25.7 Å². The summed E-state index contributed by atoms with van der Waals surface area (Å²) in [4.78, 5) is 16.5. The van der Waals surface area contributed by atoms with Crippen LogP contribution in [-0.2, 0) is 0 Å². The Labute approximate surface area is 95.3 Å². The Bertz CT molecular complexity index is 348. The van der Waals surface area contributed by atoms with Crippen LogP contribution in [0.1, 0.15) is 29.8 Å². The first-order valence-corrected chi connectivity index (χ1v) is 5.75. The van der Waals surface area contributed by atoms with Gasteiger partial charge in [-0.2, -0.15) is 0 Å². The molecule has 2 unspecified atom stereocenters. The van der Waals surface area contributed by atoms with Gasteiger partial charge in [0.2, 0.25) is 0 Å². The molecule has 1 heterocycles. The first-order valence-electron chi connectivity index (χ1n) is 5.75. The number of hydrogen-bond acceptors (Lipinski definition) is 2. The second kappa shape index (κ2) is 4.70. The SMILES string of the molecule is CN(CC1CCCC1O)C(=O)c1ccc[nH]1. The van der Waals surface area contributed by atoms with E-state index in [1.54, 1.807) is 24.2 Å². The van der Waals surface area contributed by atoms with E-state index in [4.69, 9.17) is 0 Å². The van der Waals surface area contributed by atoms with Crippen molar-refractivity contribution in [2.24, 2.45) is 5.92 Å². The lowest BCUT2D eigenvalue weighted by Gasteiger charge is -2.22. The Balaban J connectivity index is 1.93. The smallest absolute Gasteiger partial charge is 0.270 e. The molecule has 0 aromatic carbocycles. The van der Waals surface area contributed by atoms with Crippen molar-refractivity contribution in [2.75, 3.05) is 13.6 Å². The molecule has 0 aliphatic heterocycles. The molecule has 2 N–H and O–H groups in total. The fraction of sp³-hybridized carbons (Fsp3) is 0.583. The lowest BCUT2D eigenvalue weighted by molar-refractivity contribution is 0.0689. The molecule has 1 aliphatic carbocycles. The molecule has 1 aliphatic rings. The Morgan fingerprint density at radius 2 is 2.44 bits per heavy atom. The monoisotopic (exact) mass is 222 g/mol. The van der Waals surface area contributed by atoms with E-state index in [0.29, 0.717) is 12.2 Å². The third kappa shape index (κ3) is 2.27. The van der Waals surface area contributed by atoms with Crippen molar-refractivity contribution in [2.45, 2.75) is 25.4 Å². The van der Waals surface area contributed by atoms with Crippen molar-refractivity contribution >= 4 is 5.91 Å². The van der Waals surface area contributed by atoms with Crippen LogP contribution in [0, 0.1) is 5.92 Å². The average molecular weight is 222 g/mol. The van der Waals surface area contributed by atoms with Crippen LogP contribution >= 0.6 is 0 Å². The Kier molecular flexibility index (Phi) is 3.29. The van der Waals surface area contributed by atoms with Crippen LogP contribution in [0.15, 0.2) is 18.3 Å². The second-order valence-corrected chi connectivity index (χ2v) is 4.53. The first-order chi connectivity index (χ1) is 7.68. The second-order valence-electron chi connectivity index (χ2n) is 4.53. The number of aromatic nitrogens is 1. The van der Waals surface area contributed by atoms with Crippen LogP contribution < -0.4 is 0 Å². The van der Waals surface area contributed by atoms with Gasteiger partial charge in [-0.3, -0.25) is 4.79 Å². The van der Waals surface area contributed by atoms with Gasteiger partial charge in [0.15, 0.2) is 0 Å². The van der Waals surface area contributed by atoms with Crippen molar-refractivity contribution in [3.63, 3.8) is 0 Å². The summed E-state index contributed by atoms with van der Waals surface area (Å²) in [5.74, 6) is 0.230. The van der Waals surface area contributed by atoms with Gasteiger partial charge in [0.05, 0.1) is 6.10 Å². The summed E-state index contributed by atoms with van der Waals surface area (Å²) < 4.78 is 0. The van der Waals surface area contributed by atoms with Crippen molar-refractivity contribution in [1.29, 1.82) is 0 Å². The molecule has 0 bridgehead atoms. The van der Waals surface area contributed by atoms with Gasteiger partial charge in [0.1, 0.15) is 5.69 Å². The minimum atomic E-state index is -0.237. The van der Waals surface area contributed by atoms with Gasteiger partial charge in [-0.05, 0) is 25.0 Å². The fourth-order valence-corrected chi connectivity index (χ4v) is 2.33. The summed E-state index contributed by atoms with van der Waals surface area (Å²) in [7, 11) is 1.79. The van der Waals surface area contributed by atoms with Crippen molar-refractivity contribution in [3.05, 3.63) is 24.0 Å². The maximum absolute atomic E-state index is 11.9. The van der Waals surface area contributed by atoms with Gasteiger partial charge in [-0.15, -0.1) is 0 Å². The molecule has 1 aromatic rings. The van der Waals surface area contributed by atoms with E-state index in [2.05, 4.69) is 4.98 Å². The zero-order chi connectivity index (χ0) is 11.5. The zero-order valence-electron chi connectivity index (χ0n) is 9.52. The molecule has 88 valence electrons. The number of carbonyl (C=O) groups is 1. The standard InChI is InChI=1S/C12H18N2O2/c1-14(8-9-4-2-6-11(9)15)12(16)10-5-3-7-13-10/h3,5,7,9,11,13,15H,2,4,6,8H2,1H3. The highest BCUT2D eigenvalue weighted by atomic mass is 16.3. The molecule has 1 fully saturated rings. The molecule has 4 heteroatoms. The molecule has 1 amide bonds. The molecule has 0 spiro atoms. The zero-order valence-corrected chi connectivity index (χ0v) is 9.52. The van der Waals surface area contributed by atoms with Gasteiger partial charge in [-0.25, -0.2) is 0 Å². The molecule has 2 rings (SSSR count). The predicted molar refractivity (Wildman–Crippen MR) is 61.1 cm³/mol. The minimum absolute atomic E-state index is 0.0101. The number of rotatable bonds is 3. The lowest BCUT2D eigenvalue weighted by Crippen LogP contribution is -2.34. The highest BCUT2D eigenvalue weighted by Crippen LogP contribution is 2.26. The van der Waals surface area contributed by atoms with Crippen LogP contribution in [0.2, 0.25) is 0 Å². The highest BCUT2D eigenvalue weighted by molar-refractivity contribution is 5.92. The van der Waals surface area contributed by atoms with E-state index >= 15 is 0 Å². The summed E-state index contributed by atoms with van der Waals surface area (Å²) in [6.07, 6.45) is 4.46. The van der Waals surface area contributed by atoms with Gasteiger partial charge >= 0.3 is 0 Å². The highest BCUT2D eigenvalue weighted by Gasteiger charge is 2.27. The van der Waals surface area contributed by atoms with Crippen molar-refractivity contribution in [3.8, 4) is 0 Å². The number of nitrogens with zero attached hydrogens (tertiary/aromatic N) is 1. The normalized spacial score (nSPS) is 24.6. The van der Waals surface area contributed by atoms with Gasteiger partial charge in [0.25, 0.3) is 5.91 Å². The van der Waals surface area contributed by atoms with Crippen LogP contribution in [0.3, 0.4) is 0 Å². The van der Waals surface area contributed by atoms with E-state index < -0.39 is 0 Å². The predicted octanol–water partition coefficient (Wildman–Crippen LogP) is 1.25. The molecular formula is C12H18N2O2. The van der Waals surface area contributed by atoms with Gasteiger partial charge in [-0.1, -0.05) is 6.42 Å². The number of aliphatic hydroxyl groups excluding tert-OH is 1. The van der Waals surface area contributed by atoms with Crippen molar-refractivity contribution in [1.82, 2.24) is 9.88 Å². The molecule has 2 atom stereocenters. The third-order valence-corrected chi connectivity index (χ3v) is 3.30. The summed E-state index contributed by atoms with van der Waals surface area (Å²) >= 11 is 0. The Morgan fingerprint density at radius 3 is 3.00 bits per heavy atom.